The van der Waals surface area contributed by atoms with Crippen LogP contribution >= 0.6 is 15.9 Å². The molecule has 5 aromatic rings. The molecular weight excluding hydrogens is 410 g/mol. The molecule has 0 atom stereocenters. The van der Waals surface area contributed by atoms with Gasteiger partial charge in [0, 0.05) is 26.5 Å². The van der Waals surface area contributed by atoms with E-state index in [1.165, 1.54) is 5.39 Å². The van der Waals surface area contributed by atoms with Gasteiger partial charge in [0.15, 0.2) is 6.29 Å². The number of aromatic nitrogens is 1. The summed E-state index contributed by atoms with van der Waals surface area (Å²) in [5.74, 6) is 0. The Morgan fingerprint density at radius 1 is 0.679 bits per heavy atom. The Balaban J connectivity index is 1.96. The summed E-state index contributed by atoms with van der Waals surface area (Å²) in [5.41, 5.74) is 6.07. The number of aldehydes is 1. The Hall–Kier alpha value is -3.17. The molecule has 134 valence electrons. The molecule has 5 rings (SSSR count). The number of carbonyl (C=O) groups is 1. The quantitative estimate of drug-likeness (QED) is 0.284. The molecule has 0 aliphatic carbocycles. The van der Waals surface area contributed by atoms with Crippen LogP contribution in [0.15, 0.2) is 95.5 Å². The zero-order valence-electron chi connectivity index (χ0n) is 15.0. The molecule has 0 aliphatic rings. The molecule has 0 saturated carbocycles. The highest BCUT2D eigenvalue weighted by molar-refractivity contribution is 9.10. The topological polar surface area (TPSA) is 22.0 Å². The first-order chi connectivity index (χ1) is 13.8. The largest absolute Gasteiger partial charge is 0.309 e. The van der Waals surface area contributed by atoms with Crippen molar-refractivity contribution >= 4 is 44.0 Å². The Kier molecular flexibility index (Phi) is 4.10. The molecule has 0 aliphatic heterocycles. The van der Waals surface area contributed by atoms with Crippen LogP contribution in [0.25, 0.3) is 38.6 Å². The standard InChI is InChI=1S/C25H16BrNO/c26-22-13-6-11-18(21(22)16-28)19-12-7-15-24-25(19)20-10-4-5-14-23(20)27(24)17-8-2-1-3-9-17/h1-16H. The van der Waals surface area contributed by atoms with E-state index in [-0.39, 0.29) is 0 Å². The SMILES string of the molecule is O=Cc1c(Br)cccc1-c1cccc2c1c1ccccc1n2-c1ccccc1. The molecule has 2 nitrogen and oxygen atoms in total. The highest BCUT2D eigenvalue weighted by Gasteiger charge is 2.17. The van der Waals surface area contributed by atoms with Crippen molar-refractivity contribution < 1.29 is 4.79 Å². The first kappa shape index (κ1) is 17.0. The highest BCUT2D eigenvalue weighted by Crippen LogP contribution is 2.40. The normalized spacial score (nSPS) is 11.2. The van der Waals surface area contributed by atoms with Crippen LogP contribution in [-0.2, 0) is 0 Å². The van der Waals surface area contributed by atoms with Crippen LogP contribution < -0.4 is 0 Å². The summed E-state index contributed by atoms with van der Waals surface area (Å²) in [6.07, 6.45) is 0.925. The van der Waals surface area contributed by atoms with Gasteiger partial charge in [-0.05, 0) is 41.5 Å². The molecule has 3 heteroatoms. The van der Waals surface area contributed by atoms with Crippen molar-refractivity contribution in [1.82, 2.24) is 4.57 Å². The van der Waals surface area contributed by atoms with Crippen LogP contribution in [0.1, 0.15) is 10.4 Å². The second-order valence-corrected chi connectivity index (χ2v) is 7.56. The number of halogens is 1. The lowest BCUT2D eigenvalue weighted by atomic mass is 9.96. The first-order valence-electron chi connectivity index (χ1n) is 9.11. The van der Waals surface area contributed by atoms with Crippen LogP contribution in [-0.4, -0.2) is 10.9 Å². The fourth-order valence-corrected chi connectivity index (χ4v) is 4.45. The predicted octanol–water partition coefficient (Wildman–Crippen LogP) is 7.03. The summed E-state index contributed by atoms with van der Waals surface area (Å²) >= 11 is 3.52. The van der Waals surface area contributed by atoms with E-state index in [1.807, 2.05) is 24.3 Å². The molecule has 1 heterocycles. The highest BCUT2D eigenvalue weighted by atomic mass is 79.9. The second-order valence-electron chi connectivity index (χ2n) is 6.71. The second kappa shape index (κ2) is 6.77. The van der Waals surface area contributed by atoms with E-state index in [2.05, 4.69) is 87.2 Å². The van der Waals surface area contributed by atoms with Crippen LogP contribution in [0.2, 0.25) is 0 Å². The van der Waals surface area contributed by atoms with E-state index < -0.39 is 0 Å². The molecule has 1 aromatic heterocycles. The van der Waals surface area contributed by atoms with Crippen molar-refractivity contribution in [3.8, 4) is 16.8 Å². The Morgan fingerprint density at radius 3 is 2.18 bits per heavy atom. The van der Waals surface area contributed by atoms with Gasteiger partial charge in [-0.2, -0.15) is 0 Å². The minimum absolute atomic E-state index is 0.673. The van der Waals surface area contributed by atoms with Crippen molar-refractivity contribution in [2.75, 3.05) is 0 Å². The lowest BCUT2D eigenvalue weighted by molar-refractivity contribution is 0.112. The van der Waals surface area contributed by atoms with E-state index >= 15 is 0 Å². The molecule has 28 heavy (non-hydrogen) atoms. The fraction of sp³-hybridized carbons (Fsp3) is 0. The van der Waals surface area contributed by atoms with E-state index in [0.29, 0.717) is 5.56 Å². The summed E-state index contributed by atoms with van der Waals surface area (Å²) in [5, 5.41) is 2.33. The molecule has 0 fully saturated rings. The monoisotopic (exact) mass is 425 g/mol. The summed E-state index contributed by atoms with van der Waals surface area (Å²) in [6.45, 7) is 0. The van der Waals surface area contributed by atoms with E-state index in [0.717, 1.165) is 44.0 Å². The third-order valence-corrected chi connectivity index (χ3v) is 5.86. The summed E-state index contributed by atoms with van der Waals surface area (Å²) in [4.78, 5) is 11.8. The van der Waals surface area contributed by atoms with Crippen molar-refractivity contribution in [3.05, 3.63) is 101 Å². The zero-order chi connectivity index (χ0) is 19.1. The number of para-hydroxylation sites is 2. The summed E-state index contributed by atoms with van der Waals surface area (Å²) < 4.78 is 3.09. The maximum absolute atomic E-state index is 11.8. The average molecular weight is 426 g/mol. The Labute approximate surface area is 171 Å². The number of fused-ring (bicyclic) bond motifs is 3. The number of benzene rings is 4. The van der Waals surface area contributed by atoms with Gasteiger partial charge in [0.1, 0.15) is 0 Å². The van der Waals surface area contributed by atoms with Crippen LogP contribution in [0, 0.1) is 0 Å². The third-order valence-electron chi connectivity index (χ3n) is 5.17. The minimum atomic E-state index is 0.673. The van der Waals surface area contributed by atoms with Crippen molar-refractivity contribution in [2.24, 2.45) is 0 Å². The predicted molar refractivity (Wildman–Crippen MR) is 119 cm³/mol. The Morgan fingerprint density at radius 2 is 1.36 bits per heavy atom. The maximum Gasteiger partial charge on any atom is 0.151 e. The van der Waals surface area contributed by atoms with Gasteiger partial charge in [0.05, 0.1) is 11.0 Å². The van der Waals surface area contributed by atoms with E-state index in [4.69, 9.17) is 0 Å². The summed E-state index contributed by atoms with van der Waals surface area (Å²) in [6, 6.07) is 31.0. The molecule has 0 unspecified atom stereocenters. The zero-order valence-corrected chi connectivity index (χ0v) is 16.6. The smallest absolute Gasteiger partial charge is 0.151 e. The van der Waals surface area contributed by atoms with Gasteiger partial charge >= 0.3 is 0 Å². The number of hydrogen-bond donors (Lipinski definition) is 0. The van der Waals surface area contributed by atoms with Gasteiger partial charge in [-0.25, -0.2) is 0 Å². The number of nitrogens with zero attached hydrogens (tertiary/aromatic N) is 1. The number of carbonyl (C=O) groups excluding carboxylic acids is 1. The van der Waals surface area contributed by atoms with Gasteiger partial charge in [-0.15, -0.1) is 0 Å². The van der Waals surface area contributed by atoms with Crippen LogP contribution in [0.4, 0.5) is 0 Å². The maximum atomic E-state index is 11.8. The van der Waals surface area contributed by atoms with Crippen LogP contribution in [0.3, 0.4) is 0 Å². The molecule has 0 radical (unpaired) electrons. The molecule has 0 saturated heterocycles. The number of hydrogen-bond acceptors (Lipinski definition) is 1. The Bertz CT molecular complexity index is 1340. The fourth-order valence-electron chi connectivity index (χ4n) is 3.99. The molecule has 0 spiro atoms. The molecular formula is C25H16BrNO. The summed E-state index contributed by atoms with van der Waals surface area (Å²) in [7, 11) is 0. The van der Waals surface area contributed by atoms with E-state index in [1.54, 1.807) is 0 Å². The minimum Gasteiger partial charge on any atom is -0.309 e. The van der Waals surface area contributed by atoms with Gasteiger partial charge in [-0.1, -0.05) is 76.6 Å². The molecule has 0 N–H and O–H groups in total. The van der Waals surface area contributed by atoms with Gasteiger partial charge in [0.2, 0.25) is 0 Å². The first-order valence-corrected chi connectivity index (χ1v) is 9.90. The van der Waals surface area contributed by atoms with Gasteiger partial charge < -0.3 is 4.57 Å². The number of rotatable bonds is 3. The van der Waals surface area contributed by atoms with E-state index in [9.17, 15) is 4.79 Å². The lowest BCUT2D eigenvalue weighted by Crippen LogP contribution is -1.93. The lowest BCUT2D eigenvalue weighted by Gasteiger charge is -2.10. The third kappa shape index (κ3) is 2.51. The van der Waals surface area contributed by atoms with Crippen molar-refractivity contribution in [2.45, 2.75) is 0 Å². The molecule has 0 bridgehead atoms. The van der Waals surface area contributed by atoms with Gasteiger partial charge in [-0.3, -0.25) is 4.79 Å². The average Bonchev–Trinajstić information content (AvgIpc) is 3.09. The molecule has 0 amide bonds. The molecule has 4 aromatic carbocycles. The van der Waals surface area contributed by atoms with Crippen molar-refractivity contribution in [3.63, 3.8) is 0 Å². The van der Waals surface area contributed by atoms with Crippen LogP contribution in [0.5, 0.6) is 0 Å². The van der Waals surface area contributed by atoms with Crippen molar-refractivity contribution in [1.29, 1.82) is 0 Å². The van der Waals surface area contributed by atoms with Gasteiger partial charge in [0.25, 0.3) is 0 Å².